The number of guanidine groups is 1. The molecule has 1 aromatic rings. The lowest BCUT2D eigenvalue weighted by Gasteiger charge is -2.24. The molecule has 0 aliphatic rings. The maximum Gasteiger partial charge on any atom is 0.191 e. The van der Waals surface area contributed by atoms with Crippen molar-refractivity contribution < 1.29 is 8.42 Å². The zero-order chi connectivity index (χ0) is 19.6. The van der Waals surface area contributed by atoms with Gasteiger partial charge in [-0.1, -0.05) is 18.2 Å². The highest BCUT2D eigenvalue weighted by Gasteiger charge is 2.10. The fraction of sp³-hybridized carbons (Fsp3) is 0.632. The molecular weight excluding hydrogens is 348 g/mol. The molecule has 7 heteroatoms. The fourth-order valence-corrected chi connectivity index (χ4v) is 3.45. The predicted molar refractivity (Wildman–Crippen MR) is 112 cm³/mol. The van der Waals surface area contributed by atoms with Crippen LogP contribution in [-0.4, -0.2) is 58.6 Å². The van der Waals surface area contributed by atoms with Crippen LogP contribution in [0.1, 0.15) is 32.8 Å². The average Bonchev–Trinajstić information content (AvgIpc) is 2.57. The Morgan fingerprint density at radius 3 is 2.54 bits per heavy atom. The van der Waals surface area contributed by atoms with Gasteiger partial charge in [-0.15, -0.1) is 0 Å². The monoisotopic (exact) mass is 382 g/mol. The standard InChI is InChI=1S/C19H34N4O2S/c1-6-20-19(22-17(4)12-15-26(5,24)25)21-13-14-23(7-2)18-11-9-8-10-16(18)3/h8-11,17H,6-7,12-15H2,1-5H3,(H2,20,21,22). The summed E-state index contributed by atoms with van der Waals surface area (Å²) in [5, 5.41) is 6.51. The summed E-state index contributed by atoms with van der Waals surface area (Å²) in [5.41, 5.74) is 2.50. The van der Waals surface area contributed by atoms with Crippen molar-refractivity contribution in [3.8, 4) is 0 Å². The Labute approximate surface area is 159 Å². The van der Waals surface area contributed by atoms with E-state index in [0.717, 1.165) is 25.6 Å². The molecule has 26 heavy (non-hydrogen) atoms. The molecule has 0 aliphatic heterocycles. The molecular formula is C19H34N4O2S. The summed E-state index contributed by atoms with van der Waals surface area (Å²) >= 11 is 0. The van der Waals surface area contributed by atoms with Crippen LogP contribution in [0.2, 0.25) is 0 Å². The number of nitrogens with zero attached hydrogens (tertiary/aromatic N) is 2. The highest BCUT2D eigenvalue weighted by Crippen LogP contribution is 2.18. The summed E-state index contributed by atoms with van der Waals surface area (Å²) in [6.45, 7) is 11.4. The minimum absolute atomic E-state index is 0.0428. The molecule has 1 atom stereocenters. The maximum atomic E-state index is 11.3. The number of nitrogens with one attached hydrogen (secondary N) is 2. The van der Waals surface area contributed by atoms with Crippen molar-refractivity contribution in [1.29, 1.82) is 0 Å². The lowest BCUT2D eigenvalue weighted by atomic mass is 10.2. The van der Waals surface area contributed by atoms with Gasteiger partial charge in [0.1, 0.15) is 9.84 Å². The van der Waals surface area contributed by atoms with Gasteiger partial charge in [0.15, 0.2) is 5.96 Å². The molecule has 6 nitrogen and oxygen atoms in total. The smallest absolute Gasteiger partial charge is 0.191 e. The number of likely N-dealkylation sites (N-methyl/N-ethyl adjacent to an activating group) is 1. The van der Waals surface area contributed by atoms with E-state index < -0.39 is 9.84 Å². The van der Waals surface area contributed by atoms with Crippen molar-refractivity contribution in [3.63, 3.8) is 0 Å². The van der Waals surface area contributed by atoms with Crippen LogP contribution >= 0.6 is 0 Å². The third-order valence-electron chi connectivity index (χ3n) is 4.13. The van der Waals surface area contributed by atoms with E-state index in [0.29, 0.717) is 13.0 Å². The van der Waals surface area contributed by atoms with Crippen LogP contribution in [-0.2, 0) is 9.84 Å². The number of sulfone groups is 1. The minimum Gasteiger partial charge on any atom is -0.370 e. The second kappa shape index (κ2) is 11.1. The summed E-state index contributed by atoms with van der Waals surface area (Å²) in [5.74, 6) is 0.909. The van der Waals surface area contributed by atoms with E-state index in [4.69, 9.17) is 0 Å². The first-order chi connectivity index (χ1) is 12.3. The number of aliphatic imine (C=N–C) groups is 1. The number of para-hydroxylation sites is 1. The molecule has 2 N–H and O–H groups in total. The van der Waals surface area contributed by atoms with Crippen molar-refractivity contribution in [2.45, 2.75) is 40.2 Å². The van der Waals surface area contributed by atoms with Gasteiger partial charge in [-0.05, 0) is 45.7 Å². The van der Waals surface area contributed by atoms with Crippen LogP contribution in [0.4, 0.5) is 5.69 Å². The molecule has 0 bridgehead atoms. The zero-order valence-electron chi connectivity index (χ0n) is 16.7. The number of aryl methyl sites for hydroxylation is 1. The fourth-order valence-electron chi connectivity index (χ4n) is 2.67. The molecule has 0 heterocycles. The van der Waals surface area contributed by atoms with Crippen LogP contribution in [0, 0.1) is 6.92 Å². The van der Waals surface area contributed by atoms with Gasteiger partial charge < -0.3 is 15.5 Å². The first-order valence-electron chi connectivity index (χ1n) is 9.30. The van der Waals surface area contributed by atoms with Crippen molar-refractivity contribution in [1.82, 2.24) is 10.6 Å². The van der Waals surface area contributed by atoms with Gasteiger partial charge in [0.25, 0.3) is 0 Å². The molecule has 0 radical (unpaired) electrons. The molecule has 0 fully saturated rings. The molecule has 0 amide bonds. The van der Waals surface area contributed by atoms with Gasteiger partial charge in [0.05, 0.1) is 12.3 Å². The van der Waals surface area contributed by atoms with Crippen molar-refractivity contribution in [3.05, 3.63) is 29.8 Å². The van der Waals surface area contributed by atoms with Crippen molar-refractivity contribution >= 4 is 21.5 Å². The maximum absolute atomic E-state index is 11.3. The lowest BCUT2D eigenvalue weighted by molar-refractivity contribution is 0.581. The Morgan fingerprint density at radius 2 is 1.96 bits per heavy atom. The first kappa shape index (κ1) is 22.3. The molecule has 1 rings (SSSR count). The van der Waals surface area contributed by atoms with Crippen LogP contribution in [0.3, 0.4) is 0 Å². The summed E-state index contributed by atoms with van der Waals surface area (Å²) in [6.07, 6.45) is 1.83. The molecule has 0 aliphatic carbocycles. The average molecular weight is 383 g/mol. The van der Waals surface area contributed by atoms with Crippen molar-refractivity contribution in [2.24, 2.45) is 4.99 Å². The van der Waals surface area contributed by atoms with Crippen LogP contribution in [0.25, 0.3) is 0 Å². The molecule has 1 unspecified atom stereocenters. The zero-order valence-corrected chi connectivity index (χ0v) is 17.6. The minimum atomic E-state index is -2.94. The van der Waals surface area contributed by atoms with E-state index in [1.54, 1.807) is 0 Å². The Kier molecular flexibility index (Phi) is 9.48. The van der Waals surface area contributed by atoms with Gasteiger partial charge in [-0.2, -0.15) is 0 Å². The van der Waals surface area contributed by atoms with Gasteiger partial charge in [0, 0.05) is 37.6 Å². The normalized spacial score (nSPS) is 13.3. The second-order valence-corrected chi connectivity index (χ2v) is 8.85. The van der Waals surface area contributed by atoms with E-state index in [1.807, 2.05) is 13.8 Å². The topological polar surface area (TPSA) is 73.8 Å². The van der Waals surface area contributed by atoms with E-state index >= 15 is 0 Å². The SMILES string of the molecule is CCNC(=NCCN(CC)c1ccccc1C)NC(C)CCS(C)(=O)=O. The second-order valence-electron chi connectivity index (χ2n) is 6.59. The number of anilines is 1. The van der Waals surface area contributed by atoms with Crippen LogP contribution in [0.15, 0.2) is 29.3 Å². The summed E-state index contributed by atoms with van der Waals surface area (Å²) in [4.78, 5) is 6.96. The largest absolute Gasteiger partial charge is 0.370 e. The van der Waals surface area contributed by atoms with Crippen molar-refractivity contribution in [2.75, 3.05) is 43.1 Å². The Morgan fingerprint density at radius 1 is 1.27 bits per heavy atom. The Balaban J connectivity index is 2.63. The van der Waals surface area contributed by atoms with Gasteiger partial charge in [-0.25, -0.2) is 8.42 Å². The third kappa shape index (κ3) is 8.56. The number of hydrogen-bond acceptors (Lipinski definition) is 4. The lowest BCUT2D eigenvalue weighted by Crippen LogP contribution is -2.43. The number of rotatable bonds is 10. The number of hydrogen-bond donors (Lipinski definition) is 2. The highest BCUT2D eigenvalue weighted by atomic mass is 32.2. The highest BCUT2D eigenvalue weighted by molar-refractivity contribution is 7.90. The Hall–Kier alpha value is -1.76. The van der Waals surface area contributed by atoms with E-state index in [1.165, 1.54) is 17.5 Å². The molecule has 0 aromatic heterocycles. The van der Waals surface area contributed by atoms with Gasteiger partial charge in [-0.3, -0.25) is 4.99 Å². The van der Waals surface area contributed by atoms with Gasteiger partial charge in [0.2, 0.25) is 0 Å². The molecule has 148 valence electrons. The van der Waals surface area contributed by atoms with Gasteiger partial charge >= 0.3 is 0 Å². The summed E-state index contributed by atoms with van der Waals surface area (Å²) < 4.78 is 22.6. The van der Waals surface area contributed by atoms with E-state index in [9.17, 15) is 8.42 Å². The predicted octanol–water partition coefficient (Wildman–Crippen LogP) is 2.20. The van der Waals surface area contributed by atoms with Crippen LogP contribution < -0.4 is 15.5 Å². The third-order valence-corrected chi connectivity index (χ3v) is 5.10. The number of benzene rings is 1. The molecule has 1 aromatic carbocycles. The molecule has 0 saturated carbocycles. The van der Waals surface area contributed by atoms with Crippen LogP contribution in [0.5, 0.6) is 0 Å². The Bertz CT molecular complexity index is 674. The van der Waals surface area contributed by atoms with E-state index in [2.05, 4.69) is 58.6 Å². The molecule has 0 spiro atoms. The quantitative estimate of drug-likeness (QED) is 0.479. The van der Waals surface area contributed by atoms with E-state index in [-0.39, 0.29) is 11.8 Å². The molecule has 0 saturated heterocycles. The summed E-state index contributed by atoms with van der Waals surface area (Å²) in [7, 11) is -2.94. The first-order valence-corrected chi connectivity index (χ1v) is 11.4. The summed E-state index contributed by atoms with van der Waals surface area (Å²) in [6, 6.07) is 8.41.